The van der Waals surface area contributed by atoms with Gasteiger partial charge in [0.15, 0.2) is 4.34 Å². The van der Waals surface area contributed by atoms with Gasteiger partial charge in [-0.2, -0.15) is 0 Å². The van der Waals surface area contributed by atoms with Crippen molar-refractivity contribution in [1.29, 1.82) is 0 Å². The van der Waals surface area contributed by atoms with Crippen molar-refractivity contribution in [3.05, 3.63) is 64.3 Å². The largest absolute Gasteiger partial charge is 0.265 e. The number of halogens is 1. The molecule has 4 nitrogen and oxygen atoms in total. The van der Waals surface area contributed by atoms with Crippen LogP contribution in [0.15, 0.2) is 63.0 Å². The van der Waals surface area contributed by atoms with Gasteiger partial charge in [-0.15, -0.1) is 21.5 Å². The van der Waals surface area contributed by atoms with Crippen molar-refractivity contribution in [2.45, 2.75) is 10.1 Å². The van der Waals surface area contributed by atoms with Crippen LogP contribution in [0.1, 0.15) is 5.69 Å². The number of hydrogen-bond acceptors (Lipinski definition) is 7. The monoisotopic (exact) mass is 446 g/mol. The number of rotatable bonds is 5. The third-order valence-corrected chi connectivity index (χ3v) is 7.33. The van der Waals surface area contributed by atoms with Crippen LogP contribution in [0, 0.1) is 0 Å². The fraction of sp³-hybridized carbons (Fsp3) is 0.0588. The van der Waals surface area contributed by atoms with Crippen molar-refractivity contribution in [1.82, 2.24) is 20.2 Å². The van der Waals surface area contributed by atoms with E-state index in [1.54, 1.807) is 46.8 Å². The zero-order chi connectivity index (χ0) is 17.1. The number of thioether (sulfide) groups is 1. The predicted octanol–water partition coefficient (Wildman–Crippen LogP) is 5.78. The Labute approximate surface area is 165 Å². The molecule has 0 N–H and O–H groups in total. The lowest BCUT2D eigenvalue weighted by Gasteiger charge is -1.95. The molecule has 4 aromatic rings. The van der Waals surface area contributed by atoms with Crippen molar-refractivity contribution in [3.63, 3.8) is 0 Å². The number of benzene rings is 1. The van der Waals surface area contributed by atoms with Crippen LogP contribution in [0.2, 0.25) is 0 Å². The van der Waals surface area contributed by atoms with E-state index in [9.17, 15) is 0 Å². The summed E-state index contributed by atoms with van der Waals surface area (Å²) in [4.78, 5) is 8.79. The van der Waals surface area contributed by atoms with E-state index in [1.807, 2.05) is 30.3 Å². The van der Waals surface area contributed by atoms with E-state index in [0.717, 1.165) is 40.7 Å². The van der Waals surface area contributed by atoms with Gasteiger partial charge in [-0.25, -0.2) is 4.98 Å². The van der Waals surface area contributed by atoms with Crippen LogP contribution in [-0.2, 0) is 5.75 Å². The average Bonchev–Trinajstić information content (AvgIpc) is 3.28. The first-order valence-electron chi connectivity index (χ1n) is 7.37. The van der Waals surface area contributed by atoms with E-state index >= 15 is 0 Å². The van der Waals surface area contributed by atoms with E-state index < -0.39 is 0 Å². The number of aromatic nitrogens is 4. The summed E-state index contributed by atoms with van der Waals surface area (Å²) in [6, 6.07) is 14.1. The van der Waals surface area contributed by atoms with Crippen LogP contribution >= 0.6 is 50.4 Å². The highest BCUT2D eigenvalue weighted by Crippen LogP contribution is 2.36. The van der Waals surface area contributed by atoms with Gasteiger partial charge in [0.1, 0.15) is 10.0 Å². The van der Waals surface area contributed by atoms with Crippen LogP contribution in [-0.4, -0.2) is 20.2 Å². The Kier molecular flexibility index (Phi) is 5.21. The van der Waals surface area contributed by atoms with Crippen molar-refractivity contribution < 1.29 is 0 Å². The molecule has 3 aromatic heterocycles. The maximum atomic E-state index is 4.76. The highest BCUT2D eigenvalue weighted by Gasteiger charge is 2.13. The second-order valence-corrected chi connectivity index (χ2v) is 9.52. The Morgan fingerprint density at radius 1 is 0.880 bits per heavy atom. The lowest BCUT2D eigenvalue weighted by Crippen LogP contribution is -1.83. The minimum atomic E-state index is 0.759. The highest BCUT2D eigenvalue weighted by atomic mass is 79.9. The summed E-state index contributed by atoms with van der Waals surface area (Å²) in [6.07, 6.45) is 3.53. The molecule has 0 spiro atoms. The highest BCUT2D eigenvalue weighted by molar-refractivity contribution is 9.11. The molecular formula is C17H11BrN4S3. The molecule has 0 atom stereocenters. The van der Waals surface area contributed by atoms with E-state index in [1.165, 1.54) is 0 Å². The average molecular weight is 447 g/mol. The van der Waals surface area contributed by atoms with Gasteiger partial charge in [0.2, 0.25) is 0 Å². The topological polar surface area (TPSA) is 51.6 Å². The van der Waals surface area contributed by atoms with Gasteiger partial charge in [-0.05, 0) is 28.1 Å². The molecular weight excluding hydrogens is 436 g/mol. The molecule has 1 aromatic carbocycles. The Morgan fingerprint density at radius 2 is 1.64 bits per heavy atom. The SMILES string of the molecule is Brc1sc(-c2ccccc2)nc1CSc1nnc(-c2ccncc2)s1. The molecule has 0 aliphatic heterocycles. The van der Waals surface area contributed by atoms with E-state index in [0.29, 0.717) is 0 Å². The summed E-state index contributed by atoms with van der Waals surface area (Å²) in [5.41, 5.74) is 3.22. The fourth-order valence-corrected chi connectivity index (χ4v) is 5.72. The Hall–Kier alpha value is -1.61. The summed E-state index contributed by atoms with van der Waals surface area (Å²) in [7, 11) is 0. The number of pyridine rings is 1. The Balaban J connectivity index is 1.47. The first kappa shape index (κ1) is 16.8. The molecule has 0 radical (unpaired) electrons. The van der Waals surface area contributed by atoms with Crippen molar-refractivity contribution >= 4 is 50.4 Å². The van der Waals surface area contributed by atoms with Crippen LogP contribution in [0.5, 0.6) is 0 Å². The molecule has 0 unspecified atom stereocenters. The molecule has 3 heterocycles. The molecule has 124 valence electrons. The number of nitrogens with zero attached hydrogens (tertiary/aromatic N) is 4. The predicted molar refractivity (Wildman–Crippen MR) is 108 cm³/mol. The Morgan fingerprint density at radius 3 is 2.44 bits per heavy atom. The summed E-state index contributed by atoms with van der Waals surface area (Å²) in [6.45, 7) is 0. The Bertz CT molecular complexity index is 970. The van der Waals surface area contributed by atoms with Crippen LogP contribution < -0.4 is 0 Å². The lowest BCUT2D eigenvalue weighted by atomic mass is 10.2. The van der Waals surface area contributed by atoms with Gasteiger partial charge >= 0.3 is 0 Å². The number of thiazole rings is 1. The zero-order valence-corrected chi connectivity index (χ0v) is 16.8. The standard InChI is InChI=1S/C17H11BrN4S3/c18-14-13(20-15(24-14)11-4-2-1-3-5-11)10-23-17-22-21-16(25-17)12-6-8-19-9-7-12/h1-9H,10H2. The zero-order valence-electron chi connectivity index (χ0n) is 12.8. The number of hydrogen-bond donors (Lipinski definition) is 0. The lowest BCUT2D eigenvalue weighted by molar-refractivity contribution is 1.01. The summed E-state index contributed by atoms with van der Waals surface area (Å²) in [5, 5.41) is 10.5. The maximum absolute atomic E-state index is 4.76. The minimum Gasteiger partial charge on any atom is -0.265 e. The second kappa shape index (κ2) is 7.74. The van der Waals surface area contributed by atoms with Gasteiger partial charge in [0.25, 0.3) is 0 Å². The van der Waals surface area contributed by atoms with E-state index in [2.05, 4.69) is 43.2 Å². The van der Waals surface area contributed by atoms with Gasteiger partial charge in [0, 0.05) is 29.3 Å². The minimum absolute atomic E-state index is 0.759. The van der Waals surface area contributed by atoms with Crippen molar-refractivity contribution in [3.8, 4) is 21.1 Å². The van der Waals surface area contributed by atoms with E-state index in [-0.39, 0.29) is 0 Å². The van der Waals surface area contributed by atoms with Gasteiger partial charge < -0.3 is 0 Å². The normalized spacial score (nSPS) is 10.9. The summed E-state index contributed by atoms with van der Waals surface area (Å²) < 4.78 is 2.01. The van der Waals surface area contributed by atoms with E-state index in [4.69, 9.17) is 4.98 Å². The molecule has 0 amide bonds. The maximum Gasteiger partial charge on any atom is 0.175 e. The first-order chi connectivity index (χ1) is 12.3. The smallest absolute Gasteiger partial charge is 0.175 e. The molecule has 0 aliphatic carbocycles. The van der Waals surface area contributed by atoms with Crippen molar-refractivity contribution in [2.75, 3.05) is 0 Å². The van der Waals surface area contributed by atoms with Gasteiger partial charge in [-0.1, -0.05) is 53.4 Å². The molecule has 8 heteroatoms. The molecule has 0 fully saturated rings. The third-order valence-electron chi connectivity index (χ3n) is 3.34. The molecule has 0 aliphatic rings. The molecule has 0 saturated heterocycles. The first-order valence-corrected chi connectivity index (χ1v) is 10.8. The molecule has 25 heavy (non-hydrogen) atoms. The summed E-state index contributed by atoms with van der Waals surface area (Å²) >= 11 is 8.53. The summed E-state index contributed by atoms with van der Waals surface area (Å²) in [5.74, 6) is 0.759. The third kappa shape index (κ3) is 3.98. The van der Waals surface area contributed by atoms with Gasteiger partial charge in [-0.3, -0.25) is 4.98 Å². The van der Waals surface area contributed by atoms with Crippen LogP contribution in [0.4, 0.5) is 0 Å². The fourth-order valence-electron chi connectivity index (χ4n) is 2.14. The van der Waals surface area contributed by atoms with Crippen molar-refractivity contribution in [2.24, 2.45) is 0 Å². The second-order valence-electron chi connectivity index (χ2n) is 5.00. The van der Waals surface area contributed by atoms with Crippen LogP contribution in [0.3, 0.4) is 0 Å². The van der Waals surface area contributed by atoms with Gasteiger partial charge in [0.05, 0.1) is 9.48 Å². The van der Waals surface area contributed by atoms with Crippen LogP contribution in [0.25, 0.3) is 21.1 Å². The molecule has 0 bridgehead atoms. The quantitative estimate of drug-likeness (QED) is 0.363. The molecule has 0 saturated carbocycles. The molecule has 4 rings (SSSR count).